The van der Waals surface area contributed by atoms with Crippen molar-refractivity contribution in [3.8, 4) is 0 Å². The number of hydrogen-bond acceptors (Lipinski definition) is 2. The van der Waals surface area contributed by atoms with E-state index in [1.807, 2.05) is 0 Å². The maximum atomic E-state index is 2.84. The van der Waals surface area contributed by atoms with Gasteiger partial charge in [-0.15, -0.1) is 0 Å². The third-order valence-electron chi connectivity index (χ3n) is 5.96. The summed E-state index contributed by atoms with van der Waals surface area (Å²) in [6.07, 6.45) is 13.7. The lowest BCUT2D eigenvalue weighted by Gasteiger charge is -2.50. The van der Waals surface area contributed by atoms with E-state index in [0.717, 1.165) is 18.0 Å². The number of allylic oxidation sites excluding steroid dienone is 1. The number of piperidine rings is 1. The fourth-order valence-corrected chi connectivity index (χ4v) is 4.58. The summed E-state index contributed by atoms with van der Waals surface area (Å²) in [5.74, 6) is 0.785. The van der Waals surface area contributed by atoms with E-state index in [4.69, 9.17) is 0 Å². The van der Waals surface area contributed by atoms with Crippen molar-refractivity contribution < 1.29 is 0 Å². The first-order chi connectivity index (χ1) is 10.2. The summed E-state index contributed by atoms with van der Waals surface area (Å²) in [6.45, 7) is 10.1. The molecule has 120 valence electrons. The Kier molecular flexibility index (Phi) is 5.39. The Morgan fingerprint density at radius 3 is 2.81 bits per heavy atom. The monoisotopic (exact) mass is 290 g/mol. The van der Waals surface area contributed by atoms with Crippen LogP contribution >= 0.6 is 0 Å². The van der Waals surface area contributed by atoms with Crippen LogP contribution in [0, 0.1) is 5.92 Å². The highest BCUT2D eigenvalue weighted by atomic mass is 15.3. The lowest BCUT2D eigenvalue weighted by molar-refractivity contribution is -0.00685. The Labute approximate surface area is 131 Å². The molecule has 2 nitrogen and oxygen atoms in total. The minimum absolute atomic E-state index is 0.781. The maximum absolute atomic E-state index is 2.84. The molecule has 0 N–H and O–H groups in total. The third-order valence-corrected chi connectivity index (χ3v) is 5.96. The molecule has 0 aromatic rings. The highest BCUT2D eigenvalue weighted by Gasteiger charge is 2.35. The second-order valence-electron chi connectivity index (χ2n) is 7.81. The van der Waals surface area contributed by atoms with Gasteiger partial charge in [-0.2, -0.15) is 0 Å². The Balaban J connectivity index is 1.59. The quantitative estimate of drug-likeness (QED) is 0.720. The van der Waals surface area contributed by atoms with E-state index >= 15 is 0 Å². The van der Waals surface area contributed by atoms with E-state index in [9.17, 15) is 0 Å². The number of fused-ring (bicyclic) bond motifs is 1. The van der Waals surface area contributed by atoms with E-state index in [1.165, 1.54) is 77.5 Å². The Bertz CT molecular complexity index is 361. The SMILES string of the molecule is CC(C)C1CN2CCCCC2CN1CCC1=CCCCC1. The molecule has 2 heterocycles. The predicted molar refractivity (Wildman–Crippen MR) is 90.6 cm³/mol. The number of piperazine rings is 1. The molecule has 2 unspecified atom stereocenters. The molecule has 0 bridgehead atoms. The molecule has 0 saturated carbocycles. The van der Waals surface area contributed by atoms with Crippen LogP contribution in [0.3, 0.4) is 0 Å². The molecule has 0 amide bonds. The Hall–Kier alpha value is -0.340. The van der Waals surface area contributed by atoms with Gasteiger partial charge in [0.1, 0.15) is 0 Å². The van der Waals surface area contributed by atoms with Gasteiger partial charge in [-0.1, -0.05) is 31.9 Å². The van der Waals surface area contributed by atoms with Crippen molar-refractivity contribution in [3.05, 3.63) is 11.6 Å². The summed E-state index contributed by atoms with van der Waals surface area (Å²) < 4.78 is 0. The molecule has 3 aliphatic rings. The van der Waals surface area contributed by atoms with Gasteiger partial charge < -0.3 is 0 Å². The fraction of sp³-hybridized carbons (Fsp3) is 0.895. The van der Waals surface area contributed by atoms with Crippen molar-refractivity contribution >= 4 is 0 Å². The first kappa shape index (κ1) is 15.6. The van der Waals surface area contributed by atoms with Gasteiger partial charge in [-0.05, 0) is 57.4 Å². The molecule has 21 heavy (non-hydrogen) atoms. The predicted octanol–water partition coefficient (Wildman–Crippen LogP) is 4.07. The molecule has 3 rings (SSSR count). The summed E-state index contributed by atoms with van der Waals surface area (Å²) >= 11 is 0. The molecule has 0 spiro atoms. The van der Waals surface area contributed by atoms with Crippen LogP contribution in [0.4, 0.5) is 0 Å². The zero-order chi connectivity index (χ0) is 14.7. The van der Waals surface area contributed by atoms with Crippen molar-refractivity contribution in [2.24, 2.45) is 5.92 Å². The molecule has 2 aliphatic heterocycles. The van der Waals surface area contributed by atoms with Crippen molar-refractivity contribution in [1.29, 1.82) is 0 Å². The zero-order valence-electron chi connectivity index (χ0n) is 14.2. The summed E-state index contributed by atoms with van der Waals surface area (Å²) in [6, 6.07) is 1.64. The lowest BCUT2D eigenvalue weighted by atomic mass is 9.91. The van der Waals surface area contributed by atoms with Gasteiger partial charge in [-0.25, -0.2) is 0 Å². The van der Waals surface area contributed by atoms with Gasteiger partial charge in [0, 0.05) is 31.7 Å². The lowest BCUT2D eigenvalue weighted by Crippen LogP contribution is -2.61. The van der Waals surface area contributed by atoms with E-state index in [0.29, 0.717) is 0 Å². The van der Waals surface area contributed by atoms with Crippen LogP contribution in [0.15, 0.2) is 11.6 Å². The van der Waals surface area contributed by atoms with Crippen molar-refractivity contribution in [3.63, 3.8) is 0 Å². The maximum Gasteiger partial charge on any atom is 0.0247 e. The molecule has 2 atom stereocenters. The van der Waals surface area contributed by atoms with Gasteiger partial charge in [0.2, 0.25) is 0 Å². The zero-order valence-corrected chi connectivity index (χ0v) is 14.2. The summed E-state index contributed by atoms with van der Waals surface area (Å²) in [7, 11) is 0. The number of hydrogen-bond donors (Lipinski definition) is 0. The minimum Gasteiger partial charge on any atom is -0.298 e. The van der Waals surface area contributed by atoms with Crippen LogP contribution in [0.2, 0.25) is 0 Å². The molecule has 2 fully saturated rings. The van der Waals surface area contributed by atoms with Gasteiger partial charge in [0.15, 0.2) is 0 Å². The second kappa shape index (κ2) is 7.28. The third kappa shape index (κ3) is 3.90. The number of nitrogens with zero attached hydrogens (tertiary/aromatic N) is 2. The highest BCUT2D eigenvalue weighted by molar-refractivity contribution is 5.06. The van der Waals surface area contributed by atoms with E-state index < -0.39 is 0 Å². The molecule has 2 heteroatoms. The van der Waals surface area contributed by atoms with Crippen LogP contribution in [0.5, 0.6) is 0 Å². The Morgan fingerprint density at radius 1 is 1.14 bits per heavy atom. The number of rotatable bonds is 4. The van der Waals surface area contributed by atoms with Crippen LogP contribution in [0.25, 0.3) is 0 Å². The molecule has 2 saturated heterocycles. The average molecular weight is 290 g/mol. The molecule has 0 aromatic carbocycles. The Morgan fingerprint density at radius 2 is 2.05 bits per heavy atom. The summed E-state index contributed by atoms with van der Waals surface area (Å²) in [4.78, 5) is 5.64. The largest absolute Gasteiger partial charge is 0.298 e. The average Bonchev–Trinajstić information content (AvgIpc) is 2.53. The van der Waals surface area contributed by atoms with Crippen LogP contribution in [-0.2, 0) is 0 Å². The van der Waals surface area contributed by atoms with Crippen LogP contribution in [-0.4, -0.2) is 48.1 Å². The smallest absolute Gasteiger partial charge is 0.0247 e. The normalized spacial score (nSPS) is 32.0. The first-order valence-corrected chi connectivity index (χ1v) is 9.40. The second-order valence-corrected chi connectivity index (χ2v) is 7.81. The van der Waals surface area contributed by atoms with Gasteiger partial charge in [0.25, 0.3) is 0 Å². The molecule has 0 aromatic heterocycles. The van der Waals surface area contributed by atoms with Crippen molar-refractivity contribution in [2.75, 3.05) is 26.2 Å². The standard InChI is InChI=1S/C19H34N2/c1-16(2)19-15-20-12-7-6-10-18(20)14-21(19)13-11-17-8-4-3-5-9-17/h8,16,18-19H,3-7,9-15H2,1-2H3. The minimum atomic E-state index is 0.781. The molecule has 1 aliphatic carbocycles. The molecular formula is C19H34N2. The first-order valence-electron chi connectivity index (χ1n) is 9.40. The van der Waals surface area contributed by atoms with E-state index in [2.05, 4.69) is 29.7 Å². The summed E-state index contributed by atoms with van der Waals surface area (Å²) in [5, 5.41) is 0. The summed E-state index contributed by atoms with van der Waals surface area (Å²) in [5.41, 5.74) is 1.75. The topological polar surface area (TPSA) is 6.48 Å². The van der Waals surface area contributed by atoms with Crippen molar-refractivity contribution in [2.45, 2.75) is 77.3 Å². The van der Waals surface area contributed by atoms with Gasteiger partial charge >= 0.3 is 0 Å². The fourth-order valence-electron chi connectivity index (χ4n) is 4.58. The van der Waals surface area contributed by atoms with Crippen LogP contribution < -0.4 is 0 Å². The van der Waals surface area contributed by atoms with E-state index in [1.54, 1.807) is 5.57 Å². The van der Waals surface area contributed by atoms with Crippen molar-refractivity contribution in [1.82, 2.24) is 9.80 Å². The molecule has 0 radical (unpaired) electrons. The highest BCUT2D eigenvalue weighted by Crippen LogP contribution is 2.28. The van der Waals surface area contributed by atoms with Gasteiger partial charge in [0.05, 0.1) is 0 Å². The van der Waals surface area contributed by atoms with Gasteiger partial charge in [-0.3, -0.25) is 9.80 Å². The van der Waals surface area contributed by atoms with E-state index in [-0.39, 0.29) is 0 Å². The molecular weight excluding hydrogens is 256 g/mol. The van der Waals surface area contributed by atoms with Crippen LogP contribution in [0.1, 0.15) is 65.2 Å².